The number of carbonyl (C=O) groups excluding carboxylic acids is 1. The molecule has 17 heteroatoms. The van der Waals surface area contributed by atoms with Gasteiger partial charge in [0.05, 0.1) is 6.61 Å². The second-order valence-electron chi connectivity index (χ2n) is 12.0. The third-order valence-electron chi connectivity index (χ3n) is 7.45. The SMILES string of the molecule is CCCCN.CCOC(=O)Cl.Cc1cc(=O)c2ccccc2[nH]1.O.O=C(O)CCCNOCc1cc(=O)c2ccccc2[nH]1.O=C(O)c1cc(=O)c2ccccc2[nH]1. The van der Waals surface area contributed by atoms with Gasteiger partial charge in [-0.3, -0.25) is 24.0 Å². The summed E-state index contributed by atoms with van der Waals surface area (Å²) in [6.45, 7) is 7.57. The molecule has 3 aromatic heterocycles. The van der Waals surface area contributed by atoms with E-state index in [9.17, 15) is 28.8 Å². The number of pyridine rings is 3. The van der Waals surface area contributed by atoms with E-state index in [-0.39, 0.29) is 40.5 Å². The molecule has 0 aliphatic heterocycles. The predicted molar refractivity (Wildman–Crippen MR) is 226 cm³/mol. The number of carboxylic acids is 2. The molecule has 0 aliphatic rings. The Bertz CT molecular complexity index is 2380. The van der Waals surface area contributed by atoms with Crippen molar-refractivity contribution in [2.24, 2.45) is 5.73 Å². The van der Waals surface area contributed by atoms with Crippen LogP contribution in [0.3, 0.4) is 0 Å². The van der Waals surface area contributed by atoms with E-state index in [4.69, 9.17) is 32.4 Å². The van der Waals surface area contributed by atoms with E-state index in [1.165, 1.54) is 18.9 Å². The number of carbonyl (C=O) groups is 3. The topological polar surface area (TPSA) is 278 Å². The number of hydroxylamine groups is 1. The van der Waals surface area contributed by atoms with Gasteiger partial charge in [-0.15, -0.1) is 0 Å². The standard InChI is InChI=1S/C14H16N2O4.C10H7NO3.C10H9NO.C4H11N.C3H5ClO2.H2O/c17-13-8-10(9-20-15-7-3-6-14(18)19)16-12-5-2-1-4-11(12)13;12-9-5-8(10(13)14)11-7-4-2-1-3-6(7)9;1-7-6-10(12)8-4-2-3-5-9(8)11-7;1-2-3-4-5;1-2-6-3(4)5;/h1-2,4-5,8,15H,3,6-7,9H2,(H,16,17)(H,18,19);1-5H,(H,11,12)(H,13,14);2-6H,1H3,(H,11,12);2-5H2,1H3;2H2,1H3;1H2. The lowest BCUT2D eigenvalue weighted by atomic mass is 10.2. The number of para-hydroxylation sites is 3. The fraction of sp³-hybridized carbons (Fsp3) is 0.268. The second kappa shape index (κ2) is 27.4. The van der Waals surface area contributed by atoms with Crippen LogP contribution in [0.5, 0.6) is 0 Å². The number of halogens is 1. The fourth-order valence-electron chi connectivity index (χ4n) is 4.80. The van der Waals surface area contributed by atoms with Crippen molar-refractivity contribution in [1.29, 1.82) is 0 Å². The van der Waals surface area contributed by atoms with Crippen LogP contribution in [-0.2, 0) is 21.0 Å². The van der Waals surface area contributed by atoms with Crippen LogP contribution in [0.1, 0.15) is 61.4 Å². The Morgan fingerprint density at radius 2 is 1.24 bits per heavy atom. The first-order chi connectivity index (χ1) is 27.3. The Kier molecular flexibility index (Phi) is 23.6. The number of aryl methyl sites for hydroxylation is 1. The molecule has 0 saturated heterocycles. The lowest BCUT2D eigenvalue weighted by molar-refractivity contribution is -0.137. The van der Waals surface area contributed by atoms with E-state index in [1.807, 2.05) is 49.4 Å². The molecule has 3 aromatic carbocycles. The van der Waals surface area contributed by atoms with Crippen molar-refractivity contribution in [1.82, 2.24) is 20.4 Å². The molecule has 3 heterocycles. The van der Waals surface area contributed by atoms with Gasteiger partial charge in [0, 0.05) is 86.9 Å². The zero-order chi connectivity index (χ0) is 42.2. The maximum atomic E-state index is 11.8. The number of aliphatic carboxylic acids is 1. The molecular weight excluding hydrogens is 774 g/mol. The Morgan fingerprint density at radius 1 is 0.741 bits per heavy atom. The third kappa shape index (κ3) is 18.2. The molecule has 312 valence electrons. The van der Waals surface area contributed by atoms with E-state index >= 15 is 0 Å². The molecule has 0 amide bonds. The summed E-state index contributed by atoms with van der Waals surface area (Å²) in [5.74, 6) is -1.96. The number of hydrogen-bond acceptors (Lipinski definition) is 10. The monoisotopic (exact) mass is 823 g/mol. The highest BCUT2D eigenvalue weighted by atomic mass is 35.5. The smallest absolute Gasteiger partial charge is 0.403 e. The number of aromatic carboxylic acids is 1. The average molecular weight is 824 g/mol. The predicted octanol–water partition coefficient (Wildman–Crippen LogP) is 5.78. The number of nitrogens with one attached hydrogen (secondary N) is 4. The van der Waals surface area contributed by atoms with Gasteiger partial charge in [0.15, 0.2) is 16.3 Å². The van der Waals surface area contributed by atoms with Crippen molar-refractivity contribution in [3.63, 3.8) is 0 Å². The van der Waals surface area contributed by atoms with Gasteiger partial charge < -0.3 is 41.1 Å². The van der Waals surface area contributed by atoms with Crippen molar-refractivity contribution in [3.05, 3.63) is 139 Å². The van der Waals surface area contributed by atoms with Crippen LogP contribution < -0.4 is 27.5 Å². The maximum Gasteiger partial charge on any atom is 0.403 e. The minimum Gasteiger partial charge on any atom is -0.481 e. The number of rotatable bonds is 11. The van der Waals surface area contributed by atoms with Crippen LogP contribution in [0, 0.1) is 6.92 Å². The summed E-state index contributed by atoms with van der Waals surface area (Å²) in [6.07, 6.45) is 2.98. The van der Waals surface area contributed by atoms with E-state index in [1.54, 1.807) is 43.3 Å². The van der Waals surface area contributed by atoms with E-state index in [0.29, 0.717) is 41.6 Å². The average Bonchev–Trinajstić information content (AvgIpc) is 3.17. The van der Waals surface area contributed by atoms with Crippen LogP contribution >= 0.6 is 11.6 Å². The Morgan fingerprint density at radius 3 is 1.69 bits per heavy atom. The highest BCUT2D eigenvalue weighted by Crippen LogP contribution is 2.09. The molecule has 0 saturated carbocycles. The van der Waals surface area contributed by atoms with Gasteiger partial charge in [0.25, 0.3) is 0 Å². The number of carboxylic acid groups (broad SMARTS) is 2. The zero-order valence-electron chi connectivity index (χ0n) is 32.4. The second-order valence-corrected chi connectivity index (χ2v) is 12.3. The van der Waals surface area contributed by atoms with Gasteiger partial charge in [0.1, 0.15) is 12.3 Å². The molecule has 58 heavy (non-hydrogen) atoms. The molecule has 0 fully saturated rings. The molecule has 6 aromatic rings. The Labute approximate surface area is 338 Å². The first-order valence-corrected chi connectivity index (χ1v) is 18.3. The number of hydrogen-bond donors (Lipinski definition) is 7. The van der Waals surface area contributed by atoms with Crippen molar-refractivity contribution in [2.75, 3.05) is 19.7 Å². The first kappa shape index (κ1) is 49.8. The number of fused-ring (bicyclic) bond motifs is 3. The lowest BCUT2D eigenvalue weighted by Crippen LogP contribution is -2.18. The molecule has 0 aliphatic carbocycles. The van der Waals surface area contributed by atoms with Gasteiger partial charge in [-0.25, -0.2) is 15.1 Å². The summed E-state index contributed by atoms with van der Waals surface area (Å²) in [6, 6.07) is 25.8. The van der Waals surface area contributed by atoms with Gasteiger partial charge in [-0.05, 0) is 69.6 Å². The summed E-state index contributed by atoms with van der Waals surface area (Å²) < 4.78 is 4.17. The van der Waals surface area contributed by atoms with Gasteiger partial charge in [-0.2, -0.15) is 0 Å². The largest absolute Gasteiger partial charge is 0.481 e. The minimum absolute atomic E-state index is 0. The molecule has 0 unspecified atom stereocenters. The summed E-state index contributed by atoms with van der Waals surface area (Å²) in [7, 11) is 0. The highest BCUT2D eigenvalue weighted by Gasteiger charge is 2.07. The van der Waals surface area contributed by atoms with Crippen molar-refractivity contribution < 1.29 is 39.6 Å². The van der Waals surface area contributed by atoms with Gasteiger partial charge in [0.2, 0.25) is 0 Å². The number of H-pyrrole nitrogens is 3. The molecule has 6 rings (SSSR count). The quantitative estimate of drug-likeness (QED) is 0.0465. The number of aromatic amines is 3. The molecule has 0 bridgehead atoms. The third-order valence-corrected chi connectivity index (χ3v) is 7.56. The Balaban J connectivity index is 0.000000391. The first-order valence-electron chi connectivity index (χ1n) is 17.9. The highest BCUT2D eigenvalue weighted by molar-refractivity contribution is 6.61. The van der Waals surface area contributed by atoms with Crippen molar-refractivity contribution in [2.45, 2.75) is 53.1 Å². The molecular formula is C41H50ClN5O11. The van der Waals surface area contributed by atoms with E-state index in [0.717, 1.165) is 34.7 Å². The van der Waals surface area contributed by atoms with Crippen LogP contribution in [-0.4, -0.2) is 67.7 Å². The number of unbranched alkanes of at least 4 members (excludes halogenated alkanes) is 1. The molecule has 16 nitrogen and oxygen atoms in total. The van der Waals surface area contributed by atoms with Crippen LogP contribution in [0.15, 0.2) is 105 Å². The van der Waals surface area contributed by atoms with E-state index < -0.39 is 17.4 Å². The number of nitrogens with two attached hydrogens (primary N) is 1. The summed E-state index contributed by atoms with van der Waals surface area (Å²) in [4.78, 5) is 79.3. The maximum absolute atomic E-state index is 11.8. The normalized spacial score (nSPS) is 9.88. The molecule has 0 spiro atoms. The van der Waals surface area contributed by atoms with Crippen molar-refractivity contribution >= 4 is 61.7 Å². The molecule has 0 radical (unpaired) electrons. The number of ether oxygens (including phenoxy) is 1. The molecule has 10 N–H and O–H groups in total. The van der Waals surface area contributed by atoms with Crippen molar-refractivity contribution in [3.8, 4) is 0 Å². The fourth-order valence-corrected chi connectivity index (χ4v) is 4.91. The van der Waals surface area contributed by atoms with E-state index in [2.05, 4.69) is 32.1 Å². The van der Waals surface area contributed by atoms with Crippen LogP contribution in [0.4, 0.5) is 4.79 Å². The summed E-state index contributed by atoms with van der Waals surface area (Å²) in [5, 5.41) is 19.1. The summed E-state index contributed by atoms with van der Waals surface area (Å²) in [5.41, 5.74) is 10.5. The zero-order valence-corrected chi connectivity index (χ0v) is 33.2. The number of aromatic nitrogens is 3. The van der Waals surface area contributed by atoms with Gasteiger partial charge in [-0.1, -0.05) is 49.7 Å². The minimum atomic E-state index is -1.13. The molecule has 0 atom stereocenters. The number of benzene rings is 3. The van der Waals surface area contributed by atoms with Gasteiger partial charge >= 0.3 is 17.4 Å². The van der Waals surface area contributed by atoms with Crippen LogP contribution in [0.25, 0.3) is 32.7 Å². The Hall–Kier alpha value is -6.17. The van der Waals surface area contributed by atoms with Crippen LogP contribution in [0.2, 0.25) is 0 Å². The lowest BCUT2D eigenvalue weighted by Gasteiger charge is -2.06. The summed E-state index contributed by atoms with van der Waals surface area (Å²) >= 11 is 4.72.